The van der Waals surface area contributed by atoms with Crippen molar-refractivity contribution in [1.29, 1.82) is 0 Å². The van der Waals surface area contributed by atoms with E-state index in [1.807, 2.05) is 19.1 Å². The standard InChI is InChI=1S/C12H14N4O3/c1-7-5-4-6-8(13)9(7)19-12-15-10(17-2)14-11(16-12)18-3/h4-6H,13H2,1-3H3. The molecule has 0 saturated carbocycles. The lowest BCUT2D eigenvalue weighted by Gasteiger charge is -2.10. The zero-order valence-electron chi connectivity index (χ0n) is 10.9. The van der Waals surface area contributed by atoms with E-state index in [0.29, 0.717) is 11.4 Å². The van der Waals surface area contributed by atoms with Gasteiger partial charge in [0.05, 0.1) is 19.9 Å². The Hall–Kier alpha value is -2.57. The molecule has 0 aliphatic rings. The van der Waals surface area contributed by atoms with Gasteiger partial charge in [-0.15, -0.1) is 15.0 Å². The number of para-hydroxylation sites is 1. The van der Waals surface area contributed by atoms with Gasteiger partial charge in [-0.05, 0) is 18.6 Å². The van der Waals surface area contributed by atoms with Gasteiger partial charge in [0.25, 0.3) is 0 Å². The number of benzene rings is 1. The number of nitrogen functional groups attached to an aromatic ring is 1. The molecule has 0 atom stereocenters. The van der Waals surface area contributed by atoms with E-state index in [0.717, 1.165) is 5.56 Å². The van der Waals surface area contributed by atoms with Crippen molar-refractivity contribution in [2.45, 2.75) is 6.92 Å². The van der Waals surface area contributed by atoms with E-state index < -0.39 is 0 Å². The summed E-state index contributed by atoms with van der Waals surface area (Å²) in [4.78, 5) is 11.8. The van der Waals surface area contributed by atoms with Crippen LogP contribution in [-0.2, 0) is 0 Å². The van der Waals surface area contributed by atoms with Crippen LogP contribution in [0.25, 0.3) is 0 Å². The molecule has 0 aliphatic heterocycles. The topological polar surface area (TPSA) is 92.4 Å². The van der Waals surface area contributed by atoms with E-state index >= 15 is 0 Å². The second-order valence-electron chi connectivity index (χ2n) is 3.69. The molecular formula is C12H14N4O3. The first-order valence-electron chi connectivity index (χ1n) is 5.51. The van der Waals surface area contributed by atoms with Gasteiger partial charge in [-0.25, -0.2) is 0 Å². The largest absolute Gasteiger partial charge is 0.467 e. The number of aromatic nitrogens is 3. The van der Waals surface area contributed by atoms with Crippen LogP contribution in [0.4, 0.5) is 5.69 Å². The zero-order valence-corrected chi connectivity index (χ0v) is 10.9. The highest BCUT2D eigenvalue weighted by Gasteiger charge is 2.12. The minimum Gasteiger partial charge on any atom is -0.467 e. The average Bonchev–Trinajstić information content (AvgIpc) is 2.42. The number of rotatable bonds is 4. The first-order chi connectivity index (χ1) is 9.13. The number of methoxy groups -OCH3 is 2. The third-order valence-corrected chi connectivity index (χ3v) is 2.37. The molecule has 0 spiro atoms. The summed E-state index contributed by atoms with van der Waals surface area (Å²) in [7, 11) is 2.89. The highest BCUT2D eigenvalue weighted by molar-refractivity contribution is 5.57. The highest BCUT2D eigenvalue weighted by atomic mass is 16.5. The molecule has 0 amide bonds. The smallest absolute Gasteiger partial charge is 0.331 e. The Labute approximate surface area is 110 Å². The Morgan fingerprint density at radius 2 is 1.53 bits per heavy atom. The summed E-state index contributed by atoms with van der Waals surface area (Å²) in [5, 5.41) is 0. The quantitative estimate of drug-likeness (QED) is 0.836. The van der Waals surface area contributed by atoms with Crippen molar-refractivity contribution in [2.75, 3.05) is 20.0 Å². The molecule has 7 nitrogen and oxygen atoms in total. The highest BCUT2D eigenvalue weighted by Crippen LogP contribution is 2.30. The van der Waals surface area contributed by atoms with Crippen LogP contribution >= 0.6 is 0 Å². The molecule has 19 heavy (non-hydrogen) atoms. The SMILES string of the molecule is COc1nc(OC)nc(Oc2c(C)cccc2N)n1. The summed E-state index contributed by atoms with van der Waals surface area (Å²) in [5.74, 6) is 0.498. The maximum Gasteiger partial charge on any atom is 0.331 e. The third kappa shape index (κ3) is 2.82. The number of hydrogen-bond acceptors (Lipinski definition) is 7. The molecule has 100 valence electrons. The van der Waals surface area contributed by atoms with E-state index in [4.69, 9.17) is 19.9 Å². The lowest BCUT2D eigenvalue weighted by molar-refractivity contribution is 0.320. The Morgan fingerprint density at radius 1 is 0.947 bits per heavy atom. The first kappa shape index (κ1) is 12.9. The molecule has 0 bridgehead atoms. The number of ether oxygens (including phenoxy) is 3. The van der Waals surface area contributed by atoms with Crippen LogP contribution in [0, 0.1) is 6.92 Å². The lowest BCUT2D eigenvalue weighted by atomic mass is 10.2. The van der Waals surface area contributed by atoms with Gasteiger partial charge >= 0.3 is 18.0 Å². The maximum atomic E-state index is 5.85. The normalized spacial score (nSPS) is 10.1. The molecule has 0 radical (unpaired) electrons. The fourth-order valence-electron chi connectivity index (χ4n) is 1.45. The number of nitrogens with two attached hydrogens (primary N) is 1. The van der Waals surface area contributed by atoms with Crippen molar-refractivity contribution in [2.24, 2.45) is 0 Å². The van der Waals surface area contributed by atoms with Crippen molar-refractivity contribution in [3.8, 4) is 23.8 Å². The predicted molar refractivity (Wildman–Crippen MR) is 68.6 cm³/mol. The van der Waals surface area contributed by atoms with Crippen LogP contribution in [0.15, 0.2) is 18.2 Å². The zero-order chi connectivity index (χ0) is 13.8. The van der Waals surface area contributed by atoms with Crippen LogP contribution in [0.2, 0.25) is 0 Å². The predicted octanol–water partition coefficient (Wildman–Crippen LogP) is 1.57. The fourth-order valence-corrected chi connectivity index (χ4v) is 1.45. The Morgan fingerprint density at radius 3 is 2.05 bits per heavy atom. The second kappa shape index (κ2) is 5.38. The van der Waals surface area contributed by atoms with Crippen molar-refractivity contribution >= 4 is 5.69 Å². The second-order valence-corrected chi connectivity index (χ2v) is 3.69. The van der Waals surface area contributed by atoms with Gasteiger partial charge < -0.3 is 19.9 Å². The molecule has 2 aromatic rings. The molecule has 0 fully saturated rings. The molecule has 0 aliphatic carbocycles. The molecule has 1 aromatic heterocycles. The van der Waals surface area contributed by atoms with Crippen LogP contribution < -0.4 is 19.9 Å². The van der Waals surface area contributed by atoms with Gasteiger partial charge in [-0.1, -0.05) is 12.1 Å². The fraction of sp³-hybridized carbons (Fsp3) is 0.250. The van der Waals surface area contributed by atoms with Crippen LogP contribution in [-0.4, -0.2) is 29.2 Å². The van der Waals surface area contributed by atoms with Gasteiger partial charge in [0, 0.05) is 0 Å². The monoisotopic (exact) mass is 262 g/mol. The van der Waals surface area contributed by atoms with E-state index in [1.54, 1.807) is 6.07 Å². The molecule has 1 heterocycles. The number of nitrogens with zero attached hydrogens (tertiary/aromatic N) is 3. The van der Waals surface area contributed by atoms with Gasteiger partial charge in [-0.2, -0.15) is 0 Å². The van der Waals surface area contributed by atoms with Crippen LogP contribution in [0.1, 0.15) is 5.56 Å². The van der Waals surface area contributed by atoms with Crippen molar-refractivity contribution in [3.05, 3.63) is 23.8 Å². The minimum atomic E-state index is 0.0599. The van der Waals surface area contributed by atoms with Gasteiger partial charge in [-0.3, -0.25) is 0 Å². The Kier molecular flexibility index (Phi) is 3.65. The molecule has 1 aromatic carbocycles. The lowest BCUT2D eigenvalue weighted by Crippen LogP contribution is -2.03. The summed E-state index contributed by atoms with van der Waals surface area (Å²) < 4.78 is 15.5. The van der Waals surface area contributed by atoms with E-state index in [2.05, 4.69) is 15.0 Å². The number of anilines is 1. The Bertz CT molecular complexity index is 547. The summed E-state index contributed by atoms with van der Waals surface area (Å²) >= 11 is 0. The van der Waals surface area contributed by atoms with E-state index in [9.17, 15) is 0 Å². The molecule has 0 unspecified atom stereocenters. The maximum absolute atomic E-state index is 5.85. The molecule has 7 heteroatoms. The van der Waals surface area contributed by atoms with Gasteiger partial charge in [0.1, 0.15) is 0 Å². The molecule has 0 saturated heterocycles. The summed E-state index contributed by atoms with van der Waals surface area (Å²) in [6.07, 6.45) is 0. The molecular weight excluding hydrogens is 248 g/mol. The third-order valence-electron chi connectivity index (χ3n) is 2.37. The van der Waals surface area contributed by atoms with Gasteiger partial charge in [0.15, 0.2) is 5.75 Å². The van der Waals surface area contributed by atoms with Crippen molar-refractivity contribution in [3.63, 3.8) is 0 Å². The Balaban J connectivity index is 2.37. The van der Waals surface area contributed by atoms with E-state index in [-0.39, 0.29) is 18.0 Å². The minimum absolute atomic E-state index is 0.0599. The number of hydrogen-bond donors (Lipinski definition) is 1. The molecule has 2 N–H and O–H groups in total. The van der Waals surface area contributed by atoms with E-state index in [1.165, 1.54) is 14.2 Å². The summed E-state index contributed by atoms with van der Waals surface area (Å²) in [6.45, 7) is 1.88. The summed E-state index contributed by atoms with van der Waals surface area (Å²) in [6, 6.07) is 5.72. The van der Waals surface area contributed by atoms with Gasteiger partial charge in [0.2, 0.25) is 0 Å². The summed E-state index contributed by atoms with van der Waals surface area (Å²) in [5.41, 5.74) is 7.22. The first-order valence-corrected chi connectivity index (χ1v) is 5.51. The van der Waals surface area contributed by atoms with Crippen molar-refractivity contribution < 1.29 is 14.2 Å². The average molecular weight is 262 g/mol. The molecule has 2 rings (SSSR count). The number of aryl methyl sites for hydroxylation is 1. The van der Waals surface area contributed by atoms with Crippen LogP contribution in [0.5, 0.6) is 23.8 Å². The van der Waals surface area contributed by atoms with Crippen LogP contribution in [0.3, 0.4) is 0 Å². The van der Waals surface area contributed by atoms with Crippen molar-refractivity contribution in [1.82, 2.24) is 15.0 Å².